The Hall–Kier alpha value is -3.07. The lowest BCUT2D eigenvalue weighted by Gasteiger charge is -2.33. The minimum Gasteiger partial charge on any atom is -0.352 e. The number of sulfonamides is 1. The number of nitrogens with zero attached hydrogens (tertiary/aromatic N) is 2. The highest BCUT2D eigenvalue weighted by Crippen LogP contribution is 2.29. The van der Waals surface area contributed by atoms with E-state index in [0.29, 0.717) is 27.7 Å². The highest BCUT2D eigenvalue weighted by molar-refractivity contribution is 7.92. The van der Waals surface area contributed by atoms with Gasteiger partial charge in [-0.05, 0) is 74.6 Å². The number of aryl methyl sites for hydroxylation is 2. The van der Waals surface area contributed by atoms with E-state index in [9.17, 15) is 18.0 Å². The number of halogens is 2. The number of amides is 2. The van der Waals surface area contributed by atoms with Crippen molar-refractivity contribution < 1.29 is 18.0 Å². The van der Waals surface area contributed by atoms with Crippen LogP contribution >= 0.6 is 23.2 Å². The minimum atomic E-state index is -4.14. The second-order valence-corrected chi connectivity index (χ2v) is 13.4. The number of benzene rings is 3. The Morgan fingerprint density at radius 1 is 0.976 bits per heavy atom. The lowest BCUT2D eigenvalue weighted by molar-refractivity contribution is -0.139. The standard InChI is InChI=1S/C32H37Cl2N3O4S/c1-4-24-9-5-8-12-30(24)37(42(40,41)28-17-13-22(2)14-18-28)21-31(38)36(20-25-15-16-26(33)19-29(25)34)23(3)32(39)35-27-10-6-7-11-27/h5,8-9,12-19,23,27H,4,6-7,10-11,20-21H2,1-3H3,(H,35,39)/t23-/m0/s1. The van der Waals surface area contributed by atoms with Gasteiger partial charge in [0.2, 0.25) is 11.8 Å². The molecule has 1 saturated carbocycles. The molecular formula is C32H37Cl2N3O4S. The van der Waals surface area contributed by atoms with Crippen molar-refractivity contribution in [1.82, 2.24) is 10.2 Å². The van der Waals surface area contributed by atoms with Crippen molar-refractivity contribution in [2.75, 3.05) is 10.8 Å². The lowest BCUT2D eigenvalue weighted by atomic mass is 10.1. The molecule has 1 aliphatic rings. The molecule has 0 aromatic heterocycles. The Bertz CT molecular complexity index is 1520. The van der Waals surface area contributed by atoms with E-state index in [2.05, 4.69) is 5.32 Å². The molecule has 42 heavy (non-hydrogen) atoms. The summed E-state index contributed by atoms with van der Waals surface area (Å²) in [6.07, 6.45) is 4.45. The largest absolute Gasteiger partial charge is 0.352 e. The molecule has 1 N–H and O–H groups in total. The van der Waals surface area contributed by atoms with E-state index in [1.165, 1.54) is 4.90 Å². The van der Waals surface area contributed by atoms with Crippen molar-refractivity contribution in [1.29, 1.82) is 0 Å². The van der Waals surface area contributed by atoms with E-state index < -0.39 is 28.5 Å². The van der Waals surface area contributed by atoms with Crippen LogP contribution in [-0.4, -0.2) is 43.8 Å². The predicted octanol–water partition coefficient (Wildman–Crippen LogP) is 6.54. The van der Waals surface area contributed by atoms with Crippen molar-refractivity contribution >= 4 is 50.7 Å². The zero-order chi connectivity index (χ0) is 30.4. The van der Waals surface area contributed by atoms with E-state index in [0.717, 1.165) is 41.1 Å². The topological polar surface area (TPSA) is 86.8 Å². The van der Waals surface area contributed by atoms with Gasteiger partial charge in [-0.2, -0.15) is 0 Å². The first-order valence-electron chi connectivity index (χ1n) is 14.2. The molecule has 0 radical (unpaired) electrons. The van der Waals surface area contributed by atoms with Crippen molar-refractivity contribution in [2.45, 2.75) is 76.4 Å². The molecule has 0 bridgehead atoms. The maximum absolute atomic E-state index is 14.2. The van der Waals surface area contributed by atoms with Crippen LogP contribution in [0.25, 0.3) is 0 Å². The molecule has 224 valence electrons. The predicted molar refractivity (Wildman–Crippen MR) is 168 cm³/mol. The minimum absolute atomic E-state index is 0.00192. The number of hydrogen-bond acceptors (Lipinski definition) is 4. The monoisotopic (exact) mass is 629 g/mol. The Morgan fingerprint density at radius 3 is 2.29 bits per heavy atom. The molecular weight excluding hydrogens is 593 g/mol. The molecule has 1 aliphatic carbocycles. The summed E-state index contributed by atoms with van der Waals surface area (Å²) in [5.74, 6) is -0.820. The summed E-state index contributed by atoms with van der Waals surface area (Å²) >= 11 is 12.6. The second-order valence-electron chi connectivity index (χ2n) is 10.7. The van der Waals surface area contributed by atoms with Crippen molar-refractivity contribution in [3.8, 4) is 0 Å². The number of para-hydroxylation sites is 1. The first-order chi connectivity index (χ1) is 20.0. The first-order valence-corrected chi connectivity index (χ1v) is 16.4. The van der Waals surface area contributed by atoms with Crippen LogP contribution < -0.4 is 9.62 Å². The number of rotatable bonds is 11. The van der Waals surface area contributed by atoms with Gasteiger partial charge in [-0.25, -0.2) is 8.42 Å². The van der Waals surface area contributed by atoms with Crippen molar-refractivity contribution in [2.24, 2.45) is 0 Å². The molecule has 10 heteroatoms. The quantitative estimate of drug-likeness (QED) is 0.261. The third-order valence-electron chi connectivity index (χ3n) is 7.75. The number of carbonyl (C=O) groups is 2. The summed E-state index contributed by atoms with van der Waals surface area (Å²) in [5, 5.41) is 3.87. The molecule has 0 saturated heterocycles. The fourth-order valence-electron chi connectivity index (χ4n) is 5.21. The highest BCUT2D eigenvalue weighted by atomic mass is 35.5. The molecule has 3 aromatic carbocycles. The fourth-order valence-corrected chi connectivity index (χ4v) is 7.13. The van der Waals surface area contributed by atoms with Gasteiger partial charge in [0.05, 0.1) is 10.6 Å². The zero-order valence-electron chi connectivity index (χ0n) is 24.1. The van der Waals surface area contributed by atoms with Gasteiger partial charge in [0, 0.05) is 22.6 Å². The number of carbonyl (C=O) groups excluding carboxylic acids is 2. The molecule has 3 aromatic rings. The molecule has 0 spiro atoms. The average Bonchev–Trinajstić information content (AvgIpc) is 3.48. The molecule has 0 unspecified atom stereocenters. The van der Waals surface area contributed by atoms with Gasteiger partial charge in [-0.15, -0.1) is 0 Å². The number of anilines is 1. The van der Waals surface area contributed by atoms with Crippen LogP contribution in [0.2, 0.25) is 10.0 Å². The van der Waals surface area contributed by atoms with Crippen molar-refractivity contribution in [3.63, 3.8) is 0 Å². The maximum Gasteiger partial charge on any atom is 0.264 e. The van der Waals surface area contributed by atoms with Crippen molar-refractivity contribution in [3.05, 3.63) is 93.5 Å². The van der Waals surface area contributed by atoms with E-state index in [1.54, 1.807) is 61.5 Å². The molecule has 4 rings (SSSR count). The van der Waals surface area contributed by atoms with Crippen LogP contribution in [0.1, 0.15) is 56.2 Å². The van der Waals surface area contributed by atoms with Crippen LogP contribution in [0.15, 0.2) is 71.6 Å². The SMILES string of the molecule is CCc1ccccc1N(CC(=O)N(Cc1ccc(Cl)cc1Cl)[C@@H](C)C(=O)NC1CCCC1)S(=O)(=O)c1ccc(C)cc1. The van der Waals surface area contributed by atoms with Gasteiger partial charge < -0.3 is 10.2 Å². The summed E-state index contributed by atoms with van der Waals surface area (Å²) in [6, 6.07) is 17.8. The van der Waals surface area contributed by atoms with Gasteiger partial charge in [0.1, 0.15) is 12.6 Å². The van der Waals surface area contributed by atoms with Crippen LogP contribution in [0.3, 0.4) is 0 Å². The first kappa shape index (κ1) is 31.9. The summed E-state index contributed by atoms with van der Waals surface area (Å²) in [5.41, 5.74) is 2.71. The molecule has 7 nitrogen and oxygen atoms in total. The van der Waals surface area contributed by atoms with Crippen LogP contribution in [0.4, 0.5) is 5.69 Å². The van der Waals surface area contributed by atoms with E-state index in [1.807, 2.05) is 26.0 Å². The van der Waals surface area contributed by atoms with Gasteiger partial charge >= 0.3 is 0 Å². The van der Waals surface area contributed by atoms with E-state index in [4.69, 9.17) is 23.2 Å². The molecule has 0 heterocycles. The van der Waals surface area contributed by atoms with E-state index in [-0.39, 0.29) is 23.4 Å². The van der Waals surface area contributed by atoms with Crippen LogP contribution in [-0.2, 0) is 32.6 Å². The zero-order valence-corrected chi connectivity index (χ0v) is 26.5. The average molecular weight is 631 g/mol. The van der Waals surface area contributed by atoms with Gasteiger partial charge in [-0.3, -0.25) is 13.9 Å². The Kier molecular flexibility index (Phi) is 10.6. The molecule has 1 atom stereocenters. The molecule has 0 aliphatic heterocycles. The van der Waals surface area contributed by atoms with Gasteiger partial charge in [0.15, 0.2) is 0 Å². The normalized spacial score (nSPS) is 14.4. The van der Waals surface area contributed by atoms with Crippen LogP contribution in [0.5, 0.6) is 0 Å². The molecule has 1 fully saturated rings. The third kappa shape index (κ3) is 7.46. The maximum atomic E-state index is 14.2. The molecule has 2 amide bonds. The highest BCUT2D eigenvalue weighted by Gasteiger charge is 2.34. The summed E-state index contributed by atoms with van der Waals surface area (Å²) < 4.78 is 29.3. The fraction of sp³-hybridized carbons (Fsp3) is 0.375. The number of nitrogens with one attached hydrogen (secondary N) is 1. The third-order valence-corrected chi connectivity index (χ3v) is 10.1. The Labute approximate surface area is 258 Å². The summed E-state index contributed by atoms with van der Waals surface area (Å²) in [4.78, 5) is 29.1. The lowest BCUT2D eigenvalue weighted by Crippen LogP contribution is -2.52. The number of hydrogen-bond donors (Lipinski definition) is 1. The second kappa shape index (κ2) is 13.9. The van der Waals surface area contributed by atoms with Gasteiger partial charge in [0.25, 0.3) is 10.0 Å². The Balaban J connectivity index is 1.73. The van der Waals surface area contributed by atoms with Gasteiger partial charge in [-0.1, -0.05) is 84.9 Å². The summed E-state index contributed by atoms with van der Waals surface area (Å²) in [6.45, 7) is 4.97. The van der Waals surface area contributed by atoms with E-state index >= 15 is 0 Å². The summed E-state index contributed by atoms with van der Waals surface area (Å²) in [7, 11) is -4.14. The smallest absolute Gasteiger partial charge is 0.264 e. The van der Waals surface area contributed by atoms with Crippen LogP contribution in [0, 0.1) is 6.92 Å². The Morgan fingerprint density at radius 2 is 1.64 bits per heavy atom.